The third kappa shape index (κ3) is 7.24. The van der Waals surface area contributed by atoms with Gasteiger partial charge in [-0.1, -0.05) is 0 Å². The summed E-state index contributed by atoms with van der Waals surface area (Å²) in [4.78, 5) is 44.0. The summed E-state index contributed by atoms with van der Waals surface area (Å²) in [5.41, 5.74) is 1.74. The summed E-state index contributed by atoms with van der Waals surface area (Å²) < 4.78 is 77.3. The van der Waals surface area contributed by atoms with Gasteiger partial charge in [-0.25, -0.2) is 0 Å². The molecule has 1 aromatic carbocycles. The number of alkyl halides is 6. The standard InChI is InChI=1S/C32H40F6N4O7/c1-40(2)19-13-16(14-42(9-5-7-30(33,34)35)10-6-8-31(36,37)38)24(43)21-17(19)11-15-12-18-23(41(3)4)26(45)22(29(39)48)28(47)32(18,49)27(46)20(15)25(21)44/h13,15,18,23,43-44,47,49H,5-12,14H2,1-4H3,(H2,39,48)/t15?,18?,23-,32-/m0/s1. The van der Waals surface area contributed by atoms with Crippen molar-refractivity contribution in [1.82, 2.24) is 9.80 Å². The lowest BCUT2D eigenvalue weighted by Crippen LogP contribution is -2.65. The number of anilines is 1. The van der Waals surface area contributed by atoms with Gasteiger partial charge in [0.2, 0.25) is 5.78 Å². The van der Waals surface area contributed by atoms with Crippen molar-refractivity contribution in [3.63, 3.8) is 0 Å². The number of hydrogen-bond acceptors (Lipinski definition) is 10. The monoisotopic (exact) mass is 706 g/mol. The van der Waals surface area contributed by atoms with Gasteiger partial charge in [0.15, 0.2) is 11.4 Å². The molecule has 49 heavy (non-hydrogen) atoms. The van der Waals surface area contributed by atoms with Crippen LogP contribution in [0, 0.1) is 11.8 Å². The van der Waals surface area contributed by atoms with Gasteiger partial charge in [0.1, 0.15) is 22.8 Å². The molecule has 272 valence electrons. The van der Waals surface area contributed by atoms with Gasteiger partial charge in [0.05, 0.1) is 11.6 Å². The zero-order chi connectivity index (χ0) is 37.0. The number of nitrogens with zero attached hydrogens (tertiary/aromatic N) is 3. The number of Topliss-reactive ketones (excluding diaryl/α,β-unsaturated/α-hetero) is 2. The van der Waals surface area contributed by atoms with Crippen LogP contribution in [-0.2, 0) is 27.3 Å². The summed E-state index contributed by atoms with van der Waals surface area (Å²) in [5, 5.41) is 46.0. The molecule has 3 aliphatic carbocycles. The Balaban J connectivity index is 1.83. The molecule has 6 N–H and O–H groups in total. The first-order chi connectivity index (χ1) is 22.5. The number of ketones is 2. The Labute approximate surface area is 278 Å². The second-order valence-corrected chi connectivity index (χ2v) is 13.3. The Hall–Kier alpha value is -3.83. The fraction of sp³-hybridized carbons (Fsp3) is 0.594. The highest BCUT2D eigenvalue weighted by Gasteiger charge is 2.64. The van der Waals surface area contributed by atoms with E-state index in [1.165, 1.54) is 30.0 Å². The van der Waals surface area contributed by atoms with Gasteiger partial charge >= 0.3 is 12.4 Å². The summed E-state index contributed by atoms with van der Waals surface area (Å²) in [7, 11) is 6.23. The molecule has 1 saturated carbocycles. The number of hydrogen-bond donors (Lipinski definition) is 5. The summed E-state index contributed by atoms with van der Waals surface area (Å²) in [6, 6.07) is 0.246. The molecular weight excluding hydrogens is 666 g/mol. The Kier molecular flexibility index (Phi) is 10.4. The van der Waals surface area contributed by atoms with Crippen LogP contribution in [-0.4, -0.2) is 113 Å². The Bertz CT molecular complexity index is 1570. The number of nitrogens with two attached hydrogens (primary N) is 1. The first-order valence-electron chi connectivity index (χ1n) is 15.6. The van der Waals surface area contributed by atoms with Crippen LogP contribution >= 0.6 is 0 Å². The number of aliphatic hydroxyl groups is 3. The molecule has 17 heteroatoms. The highest BCUT2D eigenvalue weighted by atomic mass is 19.4. The fourth-order valence-corrected chi connectivity index (χ4v) is 7.38. The van der Waals surface area contributed by atoms with Gasteiger partial charge < -0.3 is 31.1 Å². The Morgan fingerprint density at radius 2 is 1.53 bits per heavy atom. The number of primary amides is 1. The molecule has 1 aromatic rings. The van der Waals surface area contributed by atoms with Crippen LogP contribution in [0.3, 0.4) is 0 Å². The highest BCUT2D eigenvalue weighted by Crippen LogP contribution is 2.54. The number of amides is 1. The molecule has 4 rings (SSSR count). The lowest BCUT2D eigenvalue weighted by atomic mass is 9.57. The van der Waals surface area contributed by atoms with Crippen molar-refractivity contribution in [3.05, 3.63) is 39.7 Å². The molecular formula is C32H40F6N4O7. The van der Waals surface area contributed by atoms with Crippen molar-refractivity contribution >= 4 is 28.9 Å². The summed E-state index contributed by atoms with van der Waals surface area (Å²) >= 11 is 0. The maximum absolute atomic E-state index is 14.2. The van der Waals surface area contributed by atoms with E-state index in [0.717, 1.165) is 0 Å². The number of aromatic hydroxyl groups is 1. The van der Waals surface area contributed by atoms with Crippen molar-refractivity contribution in [3.8, 4) is 5.75 Å². The second kappa shape index (κ2) is 13.5. The van der Waals surface area contributed by atoms with E-state index in [1.54, 1.807) is 19.0 Å². The predicted octanol–water partition coefficient (Wildman–Crippen LogP) is 3.52. The second-order valence-electron chi connectivity index (χ2n) is 13.3. The van der Waals surface area contributed by atoms with Crippen LogP contribution in [0.1, 0.15) is 48.8 Å². The fourth-order valence-electron chi connectivity index (χ4n) is 7.38. The average molecular weight is 707 g/mol. The summed E-state index contributed by atoms with van der Waals surface area (Å²) in [6.07, 6.45) is -12.3. The minimum absolute atomic E-state index is 0.00320. The van der Waals surface area contributed by atoms with Gasteiger partial charge in [0.25, 0.3) is 5.91 Å². The number of fused-ring (bicyclic) bond motifs is 3. The summed E-state index contributed by atoms with van der Waals surface area (Å²) in [5.74, 6) is -8.19. The van der Waals surface area contributed by atoms with Crippen LogP contribution in [0.5, 0.6) is 5.75 Å². The third-order valence-electron chi connectivity index (χ3n) is 9.52. The van der Waals surface area contributed by atoms with E-state index in [0.29, 0.717) is 11.3 Å². The first-order valence-corrected chi connectivity index (χ1v) is 15.6. The quantitative estimate of drug-likeness (QED) is 0.170. The molecule has 2 unspecified atom stereocenters. The van der Waals surface area contributed by atoms with Gasteiger partial charge in [-0.15, -0.1) is 0 Å². The van der Waals surface area contributed by atoms with E-state index < -0.39 is 107 Å². The van der Waals surface area contributed by atoms with Crippen molar-refractivity contribution in [2.45, 2.75) is 69.1 Å². The number of carbonyl (C=O) groups is 3. The molecule has 0 aromatic heterocycles. The molecule has 0 saturated heterocycles. The van der Waals surface area contributed by atoms with E-state index in [9.17, 15) is 61.2 Å². The SMILES string of the molecule is CN(C)c1cc(CN(CCCC(F)(F)F)CCCC(F)(F)F)c(O)c2c1CC1CC3[C@H](N(C)C)C(=O)C(C(N)=O)=C(O)[C@@]3(O)C(=O)C1=C2O. The molecule has 0 heterocycles. The summed E-state index contributed by atoms with van der Waals surface area (Å²) in [6.45, 7) is -0.820. The number of rotatable bonds is 11. The smallest absolute Gasteiger partial charge is 0.389 e. The van der Waals surface area contributed by atoms with Gasteiger partial charge in [0, 0.05) is 56.2 Å². The largest absolute Gasteiger partial charge is 0.508 e. The number of phenols is 1. The van der Waals surface area contributed by atoms with Crippen molar-refractivity contribution in [1.29, 1.82) is 0 Å². The van der Waals surface area contributed by atoms with Crippen LogP contribution < -0.4 is 10.6 Å². The average Bonchev–Trinajstić information content (AvgIpc) is 2.94. The van der Waals surface area contributed by atoms with Crippen LogP contribution in [0.4, 0.5) is 32.0 Å². The molecule has 0 bridgehead atoms. The van der Waals surface area contributed by atoms with E-state index in [2.05, 4.69) is 0 Å². The van der Waals surface area contributed by atoms with Crippen LogP contribution in [0.2, 0.25) is 0 Å². The van der Waals surface area contributed by atoms with Crippen molar-refractivity contribution in [2.75, 3.05) is 46.2 Å². The Morgan fingerprint density at radius 1 is 0.980 bits per heavy atom. The number of carbonyl (C=O) groups excluding carboxylic acids is 3. The normalized spacial score (nSPS) is 24.4. The number of phenolic OH excluding ortho intramolecular Hbond substituents is 1. The number of likely N-dealkylation sites (N-methyl/N-ethyl adjacent to an activating group) is 1. The van der Waals surface area contributed by atoms with Crippen molar-refractivity contribution in [2.24, 2.45) is 17.6 Å². The molecule has 0 radical (unpaired) electrons. The van der Waals surface area contributed by atoms with E-state index in [1.807, 2.05) is 0 Å². The molecule has 1 amide bonds. The van der Waals surface area contributed by atoms with E-state index in [4.69, 9.17) is 5.73 Å². The molecule has 0 spiro atoms. The number of halogens is 6. The number of benzene rings is 1. The highest BCUT2D eigenvalue weighted by molar-refractivity contribution is 6.24. The first kappa shape index (κ1) is 38.0. The maximum atomic E-state index is 14.2. The zero-order valence-electron chi connectivity index (χ0n) is 27.4. The van der Waals surface area contributed by atoms with Crippen LogP contribution in [0.15, 0.2) is 23.0 Å². The van der Waals surface area contributed by atoms with Gasteiger partial charge in [-0.2, -0.15) is 26.3 Å². The molecule has 11 nitrogen and oxygen atoms in total. The van der Waals surface area contributed by atoms with E-state index in [-0.39, 0.29) is 43.6 Å². The maximum Gasteiger partial charge on any atom is 0.389 e. The Morgan fingerprint density at radius 3 is 2.00 bits per heavy atom. The minimum atomic E-state index is -4.49. The number of aliphatic hydroxyl groups excluding tert-OH is 2. The molecule has 1 fully saturated rings. The lowest BCUT2D eigenvalue weighted by molar-refractivity contribution is -0.153. The lowest BCUT2D eigenvalue weighted by Gasteiger charge is -2.50. The molecule has 0 aliphatic heterocycles. The van der Waals surface area contributed by atoms with Crippen molar-refractivity contribution < 1.29 is 61.2 Å². The molecule has 3 aliphatic rings. The van der Waals surface area contributed by atoms with Gasteiger partial charge in [-0.3, -0.25) is 24.2 Å². The van der Waals surface area contributed by atoms with Gasteiger partial charge in [-0.05, 0) is 70.4 Å². The topological polar surface area (TPSA) is 168 Å². The zero-order valence-corrected chi connectivity index (χ0v) is 27.4. The third-order valence-corrected chi connectivity index (χ3v) is 9.52. The minimum Gasteiger partial charge on any atom is -0.508 e. The predicted molar refractivity (Wildman–Crippen MR) is 164 cm³/mol. The van der Waals surface area contributed by atoms with E-state index >= 15 is 0 Å². The molecule has 4 atom stereocenters. The van der Waals surface area contributed by atoms with Crippen LogP contribution in [0.25, 0.3) is 5.76 Å².